The molecule has 0 saturated heterocycles. The van der Waals surface area contributed by atoms with Gasteiger partial charge in [0.15, 0.2) is 34.7 Å². The second-order valence-corrected chi connectivity index (χ2v) is 8.73. The van der Waals surface area contributed by atoms with E-state index in [9.17, 15) is 29.1 Å². The van der Waals surface area contributed by atoms with Crippen LogP contribution in [0.3, 0.4) is 0 Å². The monoisotopic (exact) mass is 427 g/mol. The van der Waals surface area contributed by atoms with Gasteiger partial charge in [0.05, 0.1) is 18.1 Å². The lowest BCUT2D eigenvalue weighted by Gasteiger charge is -2.48. The molecule has 1 amide bonds. The third-order valence-corrected chi connectivity index (χ3v) is 6.88. The largest absolute Gasteiger partial charge is 0.493 e. The fourth-order valence-electron chi connectivity index (χ4n) is 5.34. The Bertz CT molecular complexity index is 1000. The van der Waals surface area contributed by atoms with Gasteiger partial charge in [0.2, 0.25) is 5.91 Å². The van der Waals surface area contributed by atoms with Crippen molar-refractivity contribution in [3.8, 4) is 5.75 Å². The van der Waals surface area contributed by atoms with Crippen molar-refractivity contribution in [3.05, 3.63) is 29.3 Å². The topological polar surface area (TPSA) is 141 Å². The Morgan fingerprint density at radius 3 is 2.61 bits per heavy atom. The second kappa shape index (κ2) is 7.67. The number of unbranched alkanes of at least 4 members (excludes halogenated alkanes) is 1. The lowest BCUT2D eigenvalue weighted by atomic mass is 9.54. The number of Topliss-reactive ketones (excluding diaryl/α,β-unsaturated/α-hetero) is 4. The Morgan fingerprint density at radius 1 is 1.19 bits per heavy atom. The van der Waals surface area contributed by atoms with Gasteiger partial charge in [-0.15, -0.1) is 0 Å². The van der Waals surface area contributed by atoms with E-state index >= 15 is 0 Å². The number of carbonyl (C=O) groups excluding carboxylic acids is 5. The molecule has 2 fully saturated rings. The van der Waals surface area contributed by atoms with Crippen LogP contribution >= 0.6 is 0 Å². The number of amides is 1. The van der Waals surface area contributed by atoms with Crippen LogP contribution in [0.4, 0.5) is 0 Å². The number of hydrogen-bond acceptors (Lipinski definition) is 7. The molecule has 3 N–H and O–H groups in total. The number of aliphatic hydroxyl groups is 1. The molecule has 0 spiro atoms. The van der Waals surface area contributed by atoms with Crippen LogP contribution in [-0.4, -0.2) is 46.4 Å². The zero-order chi connectivity index (χ0) is 22.5. The van der Waals surface area contributed by atoms with Crippen LogP contribution < -0.4 is 10.5 Å². The van der Waals surface area contributed by atoms with Crippen LogP contribution in [0.2, 0.25) is 0 Å². The minimum absolute atomic E-state index is 0.155. The summed E-state index contributed by atoms with van der Waals surface area (Å²) in [5, 5.41) is 11.2. The van der Waals surface area contributed by atoms with E-state index < -0.39 is 58.3 Å². The molecule has 0 aliphatic heterocycles. The zero-order valence-electron chi connectivity index (χ0n) is 17.3. The molecule has 0 radical (unpaired) electrons. The van der Waals surface area contributed by atoms with E-state index in [1.54, 1.807) is 12.1 Å². The van der Waals surface area contributed by atoms with Crippen molar-refractivity contribution in [1.29, 1.82) is 0 Å². The summed E-state index contributed by atoms with van der Waals surface area (Å²) >= 11 is 0. The first kappa shape index (κ1) is 21.4. The van der Waals surface area contributed by atoms with E-state index in [0.717, 1.165) is 18.4 Å². The van der Waals surface area contributed by atoms with E-state index in [1.165, 1.54) is 0 Å². The van der Waals surface area contributed by atoms with E-state index in [4.69, 9.17) is 10.5 Å². The van der Waals surface area contributed by atoms with Gasteiger partial charge in [-0.1, -0.05) is 25.5 Å². The van der Waals surface area contributed by atoms with Gasteiger partial charge in [-0.2, -0.15) is 0 Å². The summed E-state index contributed by atoms with van der Waals surface area (Å²) in [6.45, 7) is 2.44. The minimum Gasteiger partial charge on any atom is -0.493 e. The highest BCUT2D eigenvalue weighted by Crippen LogP contribution is 2.49. The van der Waals surface area contributed by atoms with Crippen LogP contribution in [0.15, 0.2) is 18.2 Å². The van der Waals surface area contributed by atoms with Crippen molar-refractivity contribution in [2.24, 2.45) is 29.4 Å². The average Bonchev–Trinajstić information content (AvgIpc) is 2.70. The zero-order valence-corrected chi connectivity index (χ0v) is 17.3. The Hall–Kier alpha value is -2.87. The smallest absolute Gasteiger partial charge is 0.235 e. The lowest BCUT2D eigenvalue weighted by molar-refractivity contribution is -0.175. The number of carbonyl (C=O) groups is 5. The molecule has 8 heteroatoms. The number of rotatable bonds is 5. The highest BCUT2D eigenvalue weighted by Gasteiger charge is 2.65. The van der Waals surface area contributed by atoms with Crippen LogP contribution in [-0.2, 0) is 25.6 Å². The van der Waals surface area contributed by atoms with Gasteiger partial charge in [-0.3, -0.25) is 24.0 Å². The molecule has 1 aromatic rings. The fraction of sp³-hybridized carbons (Fsp3) is 0.522. The maximum atomic E-state index is 13.4. The predicted molar refractivity (Wildman–Crippen MR) is 107 cm³/mol. The molecule has 3 aliphatic carbocycles. The standard InChI is InChI=1S/C23H25NO7/c1-2-3-7-31-15-6-4-5-11-8-12-9-13-10-14(25)18(22(24)29)21(28)23(13,30)20(27)17(12)19(26)16(11)15/h4-6,12-13,17-18,30H,2-3,7-10H2,1H3,(H2,24,29)/t12-,13-,17?,18?,23-/m0/s1. The van der Waals surface area contributed by atoms with Gasteiger partial charge in [0, 0.05) is 12.3 Å². The van der Waals surface area contributed by atoms with Crippen molar-refractivity contribution in [2.75, 3.05) is 6.61 Å². The maximum Gasteiger partial charge on any atom is 0.235 e. The first-order chi connectivity index (χ1) is 14.7. The van der Waals surface area contributed by atoms with E-state index in [0.29, 0.717) is 24.3 Å². The molecule has 3 aliphatic rings. The number of ether oxygens (including phenoxy) is 1. The summed E-state index contributed by atoms with van der Waals surface area (Å²) < 4.78 is 5.78. The number of hydrogen-bond donors (Lipinski definition) is 2. The first-order valence-electron chi connectivity index (χ1n) is 10.6. The third-order valence-electron chi connectivity index (χ3n) is 6.88. The van der Waals surface area contributed by atoms with Crippen LogP contribution in [0.5, 0.6) is 5.75 Å². The lowest BCUT2D eigenvalue weighted by Crippen LogP contribution is -2.68. The molecule has 4 rings (SSSR count). The molecule has 5 atom stereocenters. The Balaban J connectivity index is 1.72. The van der Waals surface area contributed by atoms with Crippen molar-refractivity contribution in [3.63, 3.8) is 0 Å². The summed E-state index contributed by atoms with van der Waals surface area (Å²) in [6, 6.07) is 5.27. The molecule has 0 aromatic heterocycles. The number of primary amides is 1. The van der Waals surface area contributed by atoms with Crippen molar-refractivity contribution in [1.82, 2.24) is 0 Å². The fourth-order valence-corrected chi connectivity index (χ4v) is 5.34. The van der Waals surface area contributed by atoms with Crippen molar-refractivity contribution in [2.45, 2.75) is 44.6 Å². The molecule has 0 heterocycles. The van der Waals surface area contributed by atoms with E-state index in [2.05, 4.69) is 0 Å². The normalized spacial score (nSPS) is 32.2. The third kappa shape index (κ3) is 3.12. The molecule has 8 nitrogen and oxygen atoms in total. The van der Waals surface area contributed by atoms with Crippen LogP contribution in [0, 0.1) is 23.7 Å². The van der Waals surface area contributed by atoms with Crippen LogP contribution in [0.25, 0.3) is 0 Å². The SMILES string of the molecule is CCCCOc1cccc2c1C(=O)C1C(=O)[C@]3(O)C(=O)C(C(N)=O)C(=O)C[C@@H]3C[C@@H]1C2. The second-order valence-electron chi connectivity index (χ2n) is 8.73. The van der Waals surface area contributed by atoms with Gasteiger partial charge >= 0.3 is 0 Å². The molecule has 31 heavy (non-hydrogen) atoms. The summed E-state index contributed by atoms with van der Waals surface area (Å²) in [7, 11) is 0. The molecule has 2 unspecified atom stereocenters. The molecular weight excluding hydrogens is 402 g/mol. The maximum absolute atomic E-state index is 13.4. The molecular formula is C23H25NO7. The van der Waals surface area contributed by atoms with Gasteiger partial charge < -0.3 is 15.6 Å². The Kier molecular flexibility index (Phi) is 5.29. The van der Waals surface area contributed by atoms with Gasteiger partial charge in [-0.05, 0) is 36.8 Å². The molecule has 0 bridgehead atoms. The number of ketones is 4. The Labute approximate surface area is 179 Å². The number of benzene rings is 1. The van der Waals surface area contributed by atoms with Crippen LogP contribution in [0.1, 0.15) is 48.5 Å². The minimum atomic E-state index is -2.56. The van der Waals surface area contributed by atoms with E-state index in [1.807, 2.05) is 13.0 Å². The predicted octanol–water partition coefficient (Wildman–Crippen LogP) is 0.800. The van der Waals surface area contributed by atoms with Crippen molar-refractivity contribution >= 4 is 29.0 Å². The molecule has 2 saturated carbocycles. The summed E-state index contributed by atoms with van der Waals surface area (Å²) in [5.41, 5.74) is 3.69. The van der Waals surface area contributed by atoms with Crippen molar-refractivity contribution < 1.29 is 33.8 Å². The summed E-state index contributed by atoms with van der Waals surface area (Å²) in [6.07, 6.45) is 1.98. The Morgan fingerprint density at radius 2 is 1.94 bits per heavy atom. The summed E-state index contributed by atoms with van der Waals surface area (Å²) in [5.74, 6) is -8.60. The van der Waals surface area contributed by atoms with E-state index in [-0.39, 0.29) is 12.8 Å². The highest BCUT2D eigenvalue weighted by atomic mass is 16.5. The quantitative estimate of drug-likeness (QED) is 0.523. The summed E-state index contributed by atoms with van der Waals surface area (Å²) in [4.78, 5) is 63.7. The first-order valence-corrected chi connectivity index (χ1v) is 10.6. The highest BCUT2D eigenvalue weighted by molar-refractivity contribution is 6.31. The van der Waals surface area contributed by atoms with Gasteiger partial charge in [0.1, 0.15) is 5.75 Å². The molecule has 164 valence electrons. The number of nitrogens with two attached hydrogens (primary N) is 1. The van der Waals surface area contributed by atoms with Gasteiger partial charge in [-0.25, -0.2) is 0 Å². The number of fused-ring (bicyclic) bond motifs is 3. The molecule has 1 aromatic carbocycles. The average molecular weight is 427 g/mol. The van der Waals surface area contributed by atoms with Gasteiger partial charge in [0.25, 0.3) is 0 Å².